The summed E-state index contributed by atoms with van der Waals surface area (Å²) in [5.41, 5.74) is 6.20. The lowest BCUT2D eigenvalue weighted by Gasteiger charge is -2.04. The lowest BCUT2D eigenvalue weighted by Crippen LogP contribution is -2.30. The van der Waals surface area contributed by atoms with Crippen molar-refractivity contribution in [1.29, 1.82) is 0 Å². The quantitative estimate of drug-likeness (QED) is 0.669. The molecule has 0 bridgehead atoms. The number of ether oxygens (including phenoxy) is 1. The Labute approximate surface area is 103 Å². The molecule has 0 amide bonds. The maximum atomic E-state index is 10.5. The summed E-state index contributed by atoms with van der Waals surface area (Å²) in [5.74, 6) is 1.08. The molecule has 0 aliphatic heterocycles. The average Bonchev–Trinajstić information content (AvgIpc) is 2.72. The van der Waals surface area contributed by atoms with Gasteiger partial charge in [-0.25, -0.2) is 0 Å². The fourth-order valence-corrected chi connectivity index (χ4v) is 2.05. The molecule has 0 saturated carbocycles. The van der Waals surface area contributed by atoms with Gasteiger partial charge in [0, 0.05) is 18.9 Å². The van der Waals surface area contributed by atoms with Crippen molar-refractivity contribution < 1.29 is 19.2 Å². The SMILES string of the molecule is COCc1cc(CSCCC(N)C(=O)O)no1. The molecule has 1 aromatic heterocycles. The third-order valence-electron chi connectivity index (χ3n) is 2.03. The van der Waals surface area contributed by atoms with E-state index in [1.165, 1.54) is 0 Å². The average molecular weight is 260 g/mol. The molecule has 1 rings (SSSR count). The molecule has 1 unspecified atom stereocenters. The van der Waals surface area contributed by atoms with E-state index in [1.54, 1.807) is 18.9 Å². The Morgan fingerprint density at radius 1 is 1.76 bits per heavy atom. The van der Waals surface area contributed by atoms with Crippen molar-refractivity contribution in [2.75, 3.05) is 12.9 Å². The molecule has 0 radical (unpaired) electrons. The molecule has 1 atom stereocenters. The van der Waals surface area contributed by atoms with E-state index in [2.05, 4.69) is 5.16 Å². The van der Waals surface area contributed by atoms with Gasteiger partial charge in [0.1, 0.15) is 12.6 Å². The van der Waals surface area contributed by atoms with Gasteiger partial charge in [0.05, 0.1) is 5.69 Å². The topological polar surface area (TPSA) is 98.6 Å². The zero-order valence-electron chi connectivity index (χ0n) is 9.59. The Morgan fingerprint density at radius 2 is 2.53 bits per heavy atom. The monoisotopic (exact) mass is 260 g/mol. The van der Waals surface area contributed by atoms with Gasteiger partial charge in [-0.3, -0.25) is 4.79 Å². The van der Waals surface area contributed by atoms with Crippen LogP contribution in [0.25, 0.3) is 0 Å². The van der Waals surface area contributed by atoms with Gasteiger partial charge in [-0.2, -0.15) is 11.8 Å². The van der Waals surface area contributed by atoms with Gasteiger partial charge in [-0.1, -0.05) is 5.16 Å². The van der Waals surface area contributed by atoms with Gasteiger partial charge in [-0.15, -0.1) is 0 Å². The Balaban J connectivity index is 2.19. The van der Waals surface area contributed by atoms with Crippen molar-refractivity contribution in [2.24, 2.45) is 5.73 Å². The molecule has 1 heterocycles. The predicted molar refractivity (Wildman–Crippen MR) is 63.6 cm³/mol. The fraction of sp³-hybridized carbons (Fsp3) is 0.600. The number of hydrogen-bond acceptors (Lipinski definition) is 6. The summed E-state index contributed by atoms with van der Waals surface area (Å²) in [6, 6.07) is 1.04. The number of nitrogens with zero attached hydrogens (tertiary/aromatic N) is 1. The minimum absolute atomic E-state index is 0.404. The molecule has 0 spiro atoms. The molecule has 1 aromatic rings. The van der Waals surface area contributed by atoms with Crippen molar-refractivity contribution >= 4 is 17.7 Å². The molecule has 0 fully saturated rings. The zero-order chi connectivity index (χ0) is 12.7. The highest BCUT2D eigenvalue weighted by molar-refractivity contribution is 7.98. The second-order valence-corrected chi connectivity index (χ2v) is 4.61. The van der Waals surface area contributed by atoms with Crippen LogP contribution in [0.1, 0.15) is 17.9 Å². The molecule has 0 aliphatic carbocycles. The number of aliphatic carboxylic acids is 1. The number of rotatable bonds is 8. The Kier molecular flexibility index (Phi) is 6.03. The summed E-state index contributed by atoms with van der Waals surface area (Å²) in [4.78, 5) is 10.5. The summed E-state index contributed by atoms with van der Waals surface area (Å²) in [7, 11) is 1.59. The van der Waals surface area contributed by atoms with Crippen molar-refractivity contribution in [3.63, 3.8) is 0 Å². The molecule has 3 N–H and O–H groups in total. The molecule has 0 aliphatic rings. The second-order valence-electron chi connectivity index (χ2n) is 3.50. The van der Waals surface area contributed by atoms with Crippen LogP contribution in [0.5, 0.6) is 0 Å². The van der Waals surface area contributed by atoms with Crippen LogP contribution in [0, 0.1) is 0 Å². The number of aromatic nitrogens is 1. The number of thioether (sulfide) groups is 1. The van der Waals surface area contributed by atoms with E-state index in [-0.39, 0.29) is 0 Å². The number of nitrogens with two attached hydrogens (primary N) is 1. The lowest BCUT2D eigenvalue weighted by atomic mass is 10.2. The molecule has 0 saturated heterocycles. The summed E-state index contributed by atoms with van der Waals surface area (Å²) in [5, 5.41) is 12.4. The van der Waals surface area contributed by atoms with Crippen LogP contribution >= 0.6 is 11.8 Å². The number of carboxylic acids is 1. The van der Waals surface area contributed by atoms with Gasteiger partial charge >= 0.3 is 5.97 Å². The van der Waals surface area contributed by atoms with E-state index >= 15 is 0 Å². The van der Waals surface area contributed by atoms with Gasteiger partial charge in [0.2, 0.25) is 0 Å². The molecule has 96 valence electrons. The van der Waals surface area contributed by atoms with E-state index in [1.807, 2.05) is 6.07 Å². The predicted octanol–water partition coefficient (Wildman–Crippen LogP) is 0.856. The van der Waals surface area contributed by atoms with Gasteiger partial charge in [-0.05, 0) is 12.2 Å². The zero-order valence-corrected chi connectivity index (χ0v) is 10.4. The number of carboxylic acid groups (broad SMARTS) is 1. The maximum absolute atomic E-state index is 10.5. The number of methoxy groups -OCH3 is 1. The smallest absolute Gasteiger partial charge is 0.320 e. The minimum Gasteiger partial charge on any atom is -0.480 e. The highest BCUT2D eigenvalue weighted by atomic mass is 32.2. The van der Waals surface area contributed by atoms with Crippen LogP contribution in [-0.4, -0.2) is 35.1 Å². The van der Waals surface area contributed by atoms with Gasteiger partial charge in [0.25, 0.3) is 0 Å². The first-order chi connectivity index (χ1) is 8.13. The first kappa shape index (κ1) is 14.0. The van der Waals surface area contributed by atoms with E-state index in [4.69, 9.17) is 20.1 Å². The number of carbonyl (C=O) groups is 1. The van der Waals surface area contributed by atoms with E-state index in [0.717, 1.165) is 5.69 Å². The third-order valence-corrected chi connectivity index (χ3v) is 3.06. The van der Waals surface area contributed by atoms with E-state index in [0.29, 0.717) is 30.3 Å². The second kappa shape index (κ2) is 7.31. The van der Waals surface area contributed by atoms with Crippen molar-refractivity contribution in [2.45, 2.75) is 24.8 Å². The van der Waals surface area contributed by atoms with Crippen molar-refractivity contribution in [3.8, 4) is 0 Å². The molecule has 7 heteroatoms. The van der Waals surface area contributed by atoms with Crippen molar-refractivity contribution in [3.05, 3.63) is 17.5 Å². The number of hydrogen-bond donors (Lipinski definition) is 2. The highest BCUT2D eigenvalue weighted by Gasteiger charge is 2.11. The minimum atomic E-state index is -0.964. The Bertz CT molecular complexity index is 356. The standard InChI is InChI=1S/C10H16N2O4S/c1-15-5-8-4-7(12-16-8)6-17-3-2-9(11)10(13)14/h4,9H,2-3,5-6,11H2,1H3,(H,13,14). The summed E-state index contributed by atoms with van der Waals surface area (Å²) in [6.07, 6.45) is 0.447. The Morgan fingerprint density at radius 3 is 3.18 bits per heavy atom. The third kappa shape index (κ3) is 5.20. The van der Waals surface area contributed by atoms with Crippen LogP contribution in [0.4, 0.5) is 0 Å². The van der Waals surface area contributed by atoms with Crippen molar-refractivity contribution in [1.82, 2.24) is 5.16 Å². The van der Waals surface area contributed by atoms with Crippen LogP contribution in [0.2, 0.25) is 0 Å². The van der Waals surface area contributed by atoms with E-state index < -0.39 is 12.0 Å². The first-order valence-corrected chi connectivity index (χ1v) is 6.28. The highest BCUT2D eigenvalue weighted by Crippen LogP contribution is 2.14. The van der Waals surface area contributed by atoms with Gasteiger partial charge < -0.3 is 20.1 Å². The lowest BCUT2D eigenvalue weighted by molar-refractivity contribution is -0.138. The largest absolute Gasteiger partial charge is 0.480 e. The molecule has 0 aromatic carbocycles. The molecular weight excluding hydrogens is 244 g/mol. The first-order valence-electron chi connectivity index (χ1n) is 5.13. The molecular formula is C10H16N2O4S. The van der Waals surface area contributed by atoms with Crippen LogP contribution < -0.4 is 5.73 Å². The summed E-state index contributed by atoms with van der Waals surface area (Å²) >= 11 is 1.58. The van der Waals surface area contributed by atoms with Crippen LogP contribution in [0.3, 0.4) is 0 Å². The van der Waals surface area contributed by atoms with Crippen LogP contribution in [0.15, 0.2) is 10.6 Å². The summed E-state index contributed by atoms with van der Waals surface area (Å²) in [6.45, 7) is 0.404. The molecule has 6 nitrogen and oxygen atoms in total. The normalized spacial score (nSPS) is 12.6. The maximum Gasteiger partial charge on any atom is 0.320 e. The van der Waals surface area contributed by atoms with Gasteiger partial charge in [0.15, 0.2) is 5.76 Å². The Hall–Kier alpha value is -1.05. The fourth-order valence-electron chi connectivity index (χ4n) is 1.14. The van der Waals surface area contributed by atoms with Crippen LogP contribution in [-0.2, 0) is 21.9 Å². The summed E-state index contributed by atoms with van der Waals surface area (Å²) < 4.78 is 9.92. The molecule has 17 heavy (non-hydrogen) atoms. The van der Waals surface area contributed by atoms with E-state index in [9.17, 15) is 4.79 Å².